The van der Waals surface area contributed by atoms with Crippen molar-refractivity contribution in [3.05, 3.63) is 54.1 Å². The van der Waals surface area contributed by atoms with E-state index < -0.39 is 65.8 Å². The number of amides is 6. The summed E-state index contributed by atoms with van der Waals surface area (Å²) < 4.78 is 0. The maximum atomic E-state index is 14.0. The van der Waals surface area contributed by atoms with E-state index in [2.05, 4.69) is 46.9 Å². The van der Waals surface area contributed by atoms with Crippen molar-refractivity contribution in [1.29, 1.82) is 0 Å². The summed E-state index contributed by atoms with van der Waals surface area (Å²) in [6.07, 6.45) is 12.2. The van der Waals surface area contributed by atoms with Gasteiger partial charge in [0.1, 0.15) is 30.5 Å². The number of benzene rings is 1. The molecule has 1 aromatic heterocycles. The number of aromatic nitrogens is 2. The lowest BCUT2D eigenvalue weighted by atomic mass is 9.84. The number of nitrogens with zero attached hydrogens (tertiary/aromatic N) is 3. The Labute approximate surface area is 363 Å². The molecule has 6 amide bonds. The molecule has 2 fully saturated rings. The molecule has 1 saturated carbocycles. The van der Waals surface area contributed by atoms with Crippen LogP contribution in [0.2, 0.25) is 0 Å². The number of nitrogens with one attached hydrogen (secondary N) is 7. The SMILES string of the molecule is CN[C@H](CC1CCCCC1)C(=O)NC(Cc1cnc[nH]1)C(=O)NC(CCCN=C(N)N)C(=O)NCCC[C@H](NC(=O)[C@H](Cc1ccccc1)NC(C)=O)C(=O)N1CCCC1C=O. The molecule has 1 aliphatic heterocycles. The monoisotopic (exact) mass is 863 g/mol. The fourth-order valence-corrected chi connectivity index (χ4v) is 8.14. The molecule has 1 aromatic carbocycles. The van der Waals surface area contributed by atoms with Crippen LogP contribution < -0.4 is 43.4 Å². The number of carbonyl (C=O) groups excluding carboxylic acids is 7. The molecule has 340 valence electrons. The van der Waals surface area contributed by atoms with E-state index in [1.165, 1.54) is 24.6 Å². The Bertz CT molecular complexity index is 1780. The number of nitrogens with two attached hydrogens (primary N) is 2. The first-order valence-electron chi connectivity index (χ1n) is 21.8. The number of aromatic amines is 1. The quantitative estimate of drug-likeness (QED) is 0.0274. The van der Waals surface area contributed by atoms with Crippen molar-refractivity contribution < 1.29 is 33.6 Å². The van der Waals surface area contributed by atoms with Crippen molar-refractivity contribution in [2.24, 2.45) is 22.4 Å². The minimum absolute atomic E-state index is 0.0638. The summed E-state index contributed by atoms with van der Waals surface area (Å²) in [5.74, 6) is -2.53. The van der Waals surface area contributed by atoms with Gasteiger partial charge in [0.05, 0.1) is 18.4 Å². The highest BCUT2D eigenvalue weighted by molar-refractivity contribution is 5.94. The summed E-state index contributed by atoms with van der Waals surface area (Å²) in [6, 6.07) is 3.88. The average molecular weight is 863 g/mol. The number of likely N-dealkylation sites (tertiary alicyclic amines) is 1. The van der Waals surface area contributed by atoms with Crippen molar-refractivity contribution in [3.63, 3.8) is 0 Å². The number of H-pyrrole nitrogens is 1. The highest BCUT2D eigenvalue weighted by Gasteiger charge is 2.35. The van der Waals surface area contributed by atoms with Crippen LogP contribution in [0.15, 0.2) is 47.8 Å². The van der Waals surface area contributed by atoms with Gasteiger partial charge in [-0.15, -0.1) is 0 Å². The summed E-state index contributed by atoms with van der Waals surface area (Å²) in [4.78, 5) is 105. The zero-order valence-corrected chi connectivity index (χ0v) is 36.0. The number of hydrogen-bond acceptors (Lipinski definition) is 10. The lowest BCUT2D eigenvalue weighted by molar-refractivity contribution is -0.139. The minimum atomic E-state index is -1.06. The first-order chi connectivity index (χ1) is 29.9. The topological polar surface area (TPSA) is 288 Å². The van der Waals surface area contributed by atoms with Gasteiger partial charge in [0.15, 0.2) is 5.96 Å². The molecule has 19 nitrogen and oxygen atoms in total. The van der Waals surface area contributed by atoms with Crippen LogP contribution in [0.4, 0.5) is 0 Å². The number of aliphatic imine (C=N–C) groups is 1. The van der Waals surface area contributed by atoms with Crippen molar-refractivity contribution in [3.8, 4) is 0 Å². The highest BCUT2D eigenvalue weighted by Crippen LogP contribution is 2.27. The molecule has 6 atom stereocenters. The molecular formula is C43H66N12O7. The van der Waals surface area contributed by atoms with Crippen molar-refractivity contribution in [2.45, 2.75) is 133 Å². The molecule has 3 unspecified atom stereocenters. The van der Waals surface area contributed by atoms with Gasteiger partial charge in [-0.25, -0.2) is 4.98 Å². The number of likely N-dealkylation sites (N-methyl/N-ethyl adjacent to an activating group) is 1. The highest BCUT2D eigenvalue weighted by atomic mass is 16.2. The Morgan fingerprint density at radius 3 is 2.13 bits per heavy atom. The van der Waals surface area contributed by atoms with E-state index in [0.29, 0.717) is 43.8 Å². The molecule has 1 saturated heterocycles. The van der Waals surface area contributed by atoms with E-state index in [0.717, 1.165) is 37.5 Å². The zero-order valence-electron chi connectivity index (χ0n) is 36.0. The van der Waals surface area contributed by atoms with Crippen LogP contribution in [-0.2, 0) is 46.4 Å². The van der Waals surface area contributed by atoms with Gasteiger partial charge in [0, 0.05) is 51.3 Å². The second-order valence-electron chi connectivity index (χ2n) is 16.2. The Morgan fingerprint density at radius 2 is 1.48 bits per heavy atom. The molecule has 2 aromatic rings. The summed E-state index contributed by atoms with van der Waals surface area (Å²) in [5, 5.41) is 17.2. The number of hydrogen-bond donors (Lipinski definition) is 9. The normalized spacial score (nSPS) is 17.6. The molecule has 2 heterocycles. The fourth-order valence-electron chi connectivity index (χ4n) is 8.14. The predicted octanol–water partition coefficient (Wildman–Crippen LogP) is -0.148. The Balaban J connectivity index is 1.45. The minimum Gasteiger partial charge on any atom is -0.370 e. The number of guanidine groups is 1. The van der Waals surface area contributed by atoms with Gasteiger partial charge in [-0.1, -0.05) is 62.4 Å². The molecule has 2 aliphatic rings. The van der Waals surface area contributed by atoms with Gasteiger partial charge in [0.2, 0.25) is 35.4 Å². The lowest BCUT2D eigenvalue weighted by Crippen LogP contribution is -2.57. The van der Waals surface area contributed by atoms with Crippen LogP contribution in [0.1, 0.15) is 95.2 Å². The summed E-state index contributed by atoms with van der Waals surface area (Å²) >= 11 is 0. The first-order valence-corrected chi connectivity index (χ1v) is 21.8. The molecule has 11 N–H and O–H groups in total. The third-order valence-corrected chi connectivity index (χ3v) is 11.4. The summed E-state index contributed by atoms with van der Waals surface area (Å²) in [5.41, 5.74) is 12.4. The van der Waals surface area contributed by atoms with Crippen LogP contribution in [-0.4, -0.2) is 125 Å². The third kappa shape index (κ3) is 16.2. The second kappa shape index (κ2) is 25.8. The van der Waals surface area contributed by atoms with Gasteiger partial charge >= 0.3 is 0 Å². The second-order valence-corrected chi connectivity index (χ2v) is 16.2. The van der Waals surface area contributed by atoms with E-state index >= 15 is 0 Å². The van der Waals surface area contributed by atoms with Crippen molar-refractivity contribution in [1.82, 2.24) is 46.8 Å². The number of aldehydes is 1. The van der Waals surface area contributed by atoms with E-state index in [-0.39, 0.29) is 57.1 Å². The van der Waals surface area contributed by atoms with E-state index in [1.807, 2.05) is 30.3 Å². The average Bonchev–Trinajstić information content (AvgIpc) is 3.97. The number of rotatable bonds is 25. The van der Waals surface area contributed by atoms with Gasteiger partial charge in [-0.3, -0.25) is 33.8 Å². The number of imidazole rings is 1. The predicted molar refractivity (Wildman–Crippen MR) is 233 cm³/mol. The molecule has 0 bridgehead atoms. The largest absolute Gasteiger partial charge is 0.370 e. The standard InChI is InChI=1S/C43H66N12O7/c1-28(57)51-36(23-30-14-7-4-8-15-30)40(60)53-34(42(62)55-21-11-16-32(55)26-56)18-10-19-48-38(58)33(17-9-20-49-43(44)45)52-41(61)37(24-31-25-47-27-50-31)54-39(59)35(46-2)22-29-12-5-3-6-13-29/h4,7-8,14-15,25-27,29,32-37,46H,3,5-6,9-13,16-24H2,1-2H3,(H,47,50)(H,48,58)(H,51,57)(H,52,61)(H,53,60)(H,54,59)(H4,44,45,49)/t32?,33?,34-,35+,36-,37?/m0/s1. The van der Waals surface area contributed by atoms with Gasteiger partial charge in [-0.2, -0.15) is 0 Å². The van der Waals surface area contributed by atoms with Crippen molar-refractivity contribution in [2.75, 3.05) is 26.7 Å². The fraction of sp³-hybridized carbons (Fsp3) is 0.605. The maximum Gasteiger partial charge on any atom is 0.245 e. The van der Waals surface area contributed by atoms with E-state index in [1.54, 1.807) is 13.2 Å². The molecule has 0 spiro atoms. The molecule has 4 rings (SSSR count). The molecule has 1 aliphatic carbocycles. The van der Waals surface area contributed by atoms with Crippen LogP contribution in [0.25, 0.3) is 0 Å². The summed E-state index contributed by atoms with van der Waals surface area (Å²) in [7, 11) is 1.73. The maximum absolute atomic E-state index is 14.0. The third-order valence-electron chi connectivity index (χ3n) is 11.4. The van der Waals surface area contributed by atoms with Crippen LogP contribution in [0, 0.1) is 5.92 Å². The van der Waals surface area contributed by atoms with E-state index in [9.17, 15) is 33.6 Å². The molecule has 19 heteroatoms. The van der Waals surface area contributed by atoms with Gasteiger partial charge < -0.3 is 58.0 Å². The molecular weight excluding hydrogens is 797 g/mol. The Hall–Kier alpha value is -5.85. The smallest absolute Gasteiger partial charge is 0.245 e. The molecule has 62 heavy (non-hydrogen) atoms. The molecule has 0 radical (unpaired) electrons. The van der Waals surface area contributed by atoms with Crippen molar-refractivity contribution >= 4 is 47.7 Å². The van der Waals surface area contributed by atoms with E-state index in [4.69, 9.17) is 11.5 Å². The van der Waals surface area contributed by atoms with Gasteiger partial charge in [-0.05, 0) is 63.5 Å². The van der Waals surface area contributed by atoms with Crippen LogP contribution in [0.5, 0.6) is 0 Å². The zero-order chi connectivity index (χ0) is 44.9. The first kappa shape index (κ1) is 48.8. The Kier molecular flexibility index (Phi) is 20.3. The van der Waals surface area contributed by atoms with Crippen LogP contribution >= 0.6 is 0 Å². The lowest BCUT2D eigenvalue weighted by Gasteiger charge is -2.28. The Morgan fingerprint density at radius 1 is 0.823 bits per heavy atom. The van der Waals surface area contributed by atoms with Gasteiger partial charge in [0.25, 0.3) is 0 Å². The summed E-state index contributed by atoms with van der Waals surface area (Å²) in [6.45, 7) is 1.92. The number of carbonyl (C=O) groups is 7. The van der Waals surface area contributed by atoms with Crippen LogP contribution in [0.3, 0.4) is 0 Å².